The summed E-state index contributed by atoms with van der Waals surface area (Å²) in [6, 6.07) is 81.0. The average molecular weight is 998 g/mol. The minimum atomic E-state index is -0.125. The Morgan fingerprint density at radius 1 is 0.413 bits per heavy atom. The van der Waals surface area contributed by atoms with Crippen molar-refractivity contribution in [1.82, 2.24) is 0 Å². The molecule has 2 aromatic heterocycles. The Kier molecular flexibility index (Phi) is 9.31. The smallest absolute Gasteiger partial charge is 0.252 e. The van der Waals surface area contributed by atoms with Crippen LogP contribution in [0.4, 0.5) is 45.5 Å². The predicted molar refractivity (Wildman–Crippen MR) is 325 cm³/mol. The van der Waals surface area contributed by atoms with E-state index in [1.165, 1.54) is 155 Å². The molecule has 2 atom stereocenters. The summed E-state index contributed by atoms with van der Waals surface area (Å²) in [7, 11) is 0. The maximum Gasteiger partial charge on any atom is 0.252 e. The van der Waals surface area contributed by atoms with E-state index in [4.69, 9.17) is 0 Å². The van der Waals surface area contributed by atoms with Crippen LogP contribution in [0.15, 0.2) is 212 Å². The molecule has 6 heteroatoms. The molecule has 10 aromatic carbocycles. The fourth-order valence-corrected chi connectivity index (χ4v) is 16.8. The van der Waals surface area contributed by atoms with Crippen molar-refractivity contribution in [3.63, 3.8) is 0 Å². The van der Waals surface area contributed by atoms with Crippen LogP contribution in [0.1, 0.15) is 50.7 Å². The topological polar surface area (TPSA) is 9.72 Å². The van der Waals surface area contributed by atoms with E-state index >= 15 is 0 Å². The quantitative estimate of drug-likeness (QED) is 0.159. The minimum absolute atomic E-state index is 0.0286. The Morgan fingerprint density at radius 2 is 0.960 bits per heavy atom. The molecule has 75 heavy (non-hydrogen) atoms. The van der Waals surface area contributed by atoms with Crippen LogP contribution in [0.5, 0.6) is 0 Å². The molecule has 5 heterocycles. The number of benzene rings is 10. The summed E-state index contributed by atoms with van der Waals surface area (Å²) in [5, 5.41) is 5.23. The van der Waals surface area contributed by atoms with E-state index in [0.29, 0.717) is 0 Å². The summed E-state index contributed by atoms with van der Waals surface area (Å²) in [5.41, 5.74) is 21.6. The molecule has 3 aliphatic heterocycles. The van der Waals surface area contributed by atoms with E-state index in [1.807, 2.05) is 22.7 Å². The first-order valence-electron chi connectivity index (χ1n) is 26.7. The Bertz CT molecular complexity index is 4350. The van der Waals surface area contributed by atoms with Crippen LogP contribution in [0, 0.1) is 6.92 Å². The number of hydrogen-bond acceptors (Lipinski definition) is 5. The van der Waals surface area contributed by atoms with Gasteiger partial charge in [-0.3, -0.25) is 0 Å². The Morgan fingerprint density at radius 3 is 1.60 bits per heavy atom. The van der Waals surface area contributed by atoms with Crippen molar-refractivity contribution in [2.45, 2.75) is 57.4 Å². The molecule has 1 aliphatic carbocycles. The molecule has 3 nitrogen and oxygen atoms in total. The van der Waals surface area contributed by atoms with Gasteiger partial charge in [-0.15, -0.1) is 22.7 Å². The van der Waals surface area contributed by atoms with Gasteiger partial charge in [0, 0.05) is 70.5 Å². The highest BCUT2D eigenvalue weighted by molar-refractivity contribution is 7.27. The maximum absolute atomic E-state index is 2.78. The lowest BCUT2D eigenvalue weighted by Gasteiger charge is -2.50. The Labute approximate surface area is 446 Å². The third-order valence-electron chi connectivity index (χ3n) is 18.0. The van der Waals surface area contributed by atoms with Crippen molar-refractivity contribution >= 4 is 132 Å². The molecular weight excluding hydrogens is 946 g/mol. The van der Waals surface area contributed by atoms with Gasteiger partial charge in [0.1, 0.15) is 0 Å². The second-order valence-electron chi connectivity index (χ2n) is 22.0. The van der Waals surface area contributed by atoms with Gasteiger partial charge in [0.25, 0.3) is 6.71 Å². The van der Waals surface area contributed by atoms with Gasteiger partial charge in [0.05, 0.1) is 26.3 Å². The summed E-state index contributed by atoms with van der Waals surface area (Å²) >= 11 is 3.83. The highest BCUT2D eigenvalue weighted by Gasteiger charge is 2.58. The summed E-state index contributed by atoms with van der Waals surface area (Å²) in [5.74, 6) is 0. The van der Waals surface area contributed by atoms with E-state index in [0.717, 1.165) is 6.42 Å². The van der Waals surface area contributed by atoms with Gasteiger partial charge in [0.2, 0.25) is 0 Å². The number of rotatable bonds is 5. The van der Waals surface area contributed by atoms with Crippen molar-refractivity contribution in [3.05, 3.63) is 223 Å². The zero-order valence-corrected chi connectivity index (χ0v) is 43.9. The average Bonchev–Trinajstić information content (AvgIpc) is 4.25. The molecule has 0 saturated heterocycles. The zero-order chi connectivity index (χ0) is 49.7. The second kappa shape index (κ2) is 16.1. The fraction of sp³-hybridized carbons (Fsp3) is 0.130. The molecule has 0 amide bonds. The van der Waals surface area contributed by atoms with Crippen molar-refractivity contribution < 1.29 is 0 Å². The lowest BCUT2D eigenvalue weighted by molar-refractivity contribution is 0.195. The van der Waals surface area contributed by atoms with E-state index < -0.39 is 0 Å². The van der Waals surface area contributed by atoms with E-state index in [2.05, 4.69) is 248 Å². The van der Waals surface area contributed by atoms with Crippen LogP contribution >= 0.6 is 22.7 Å². The molecule has 0 bridgehead atoms. The number of thiophene rings is 2. The summed E-state index contributed by atoms with van der Waals surface area (Å²) < 4.78 is 5.24. The van der Waals surface area contributed by atoms with E-state index in [1.54, 1.807) is 0 Å². The molecule has 1 fully saturated rings. The van der Waals surface area contributed by atoms with E-state index in [9.17, 15) is 0 Å². The summed E-state index contributed by atoms with van der Waals surface area (Å²) in [4.78, 5) is 8.08. The fourth-order valence-electron chi connectivity index (χ4n) is 14.4. The first-order valence-corrected chi connectivity index (χ1v) is 28.4. The number of aryl methyl sites for hydroxylation is 1. The van der Waals surface area contributed by atoms with E-state index in [-0.39, 0.29) is 17.7 Å². The third kappa shape index (κ3) is 6.10. The van der Waals surface area contributed by atoms with Crippen LogP contribution in [-0.2, 0) is 5.41 Å². The Balaban J connectivity index is 0.987. The van der Waals surface area contributed by atoms with Crippen LogP contribution in [0.25, 0.3) is 62.6 Å². The first-order chi connectivity index (χ1) is 36.8. The highest BCUT2D eigenvalue weighted by atomic mass is 32.1. The normalized spacial score (nSPS) is 18.4. The van der Waals surface area contributed by atoms with Gasteiger partial charge < -0.3 is 14.7 Å². The maximum atomic E-state index is 2.78. The summed E-state index contributed by atoms with van der Waals surface area (Å²) in [6.45, 7) is 7.41. The third-order valence-corrected chi connectivity index (χ3v) is 20.4. The van der Waals surface area contributed by atoms with Crippen molar-refractivity contribution in [2.75, 3.05) is 14.7 Å². The second-order valence-corrected chi connectivity index (χ2v) is 24.1. The van der Waals surface area contributed by atoms with Gasteiger partial charge in [-0.05, 0) is 143 Å². The molecule has 1 saturated carbocycles. The molecular formula is C69H52BN3S2. The van der Waals surface area contributed by atoms with Gasteiger partial charge in [-0.25, -0.2) is 0 Å². The van der Waals surface area contributed by atoms with Gasteiger partial charge >= 0.3 is 0 Å². The minimum Gasteiger partial charge on any atom is -0.334 e. The predicted octanol–water partition coefficient (Wildman–Crippen LogP) is 17.9. The molecule has 12 aromatic rings. The lowest BCUT2D eigenvalue weighted by atomic mass is 9.33. The van der Waals surface area contributed by atoms with Gasteiger partial charge in [-0.1, -0.05) is 165 Å². The SMILES string of the molecule is Cc1cc2c3c(c1)N(c1cccc4c1sc1ccccc14)c1cc(N4c5ccc(-c6ccccc6)cc5C5(C)CCCCC45C)ccc1B3c1cc(-c3ccccc3)ccc1N2c1cccc2c1sc1ccccc12. The lowest BCUT2D eigenvalue weighted by Crippen LogP contribution is -2.61. The van der Waals surface area contributed by atoms with Crippen LogP contribution < -0.4 is 31.1 Å². The number of fused-ring (bicyclic) bond motifs is 13. The van der Waals surface area contributed by atoms with Crippen LogP contribution in [0.3, 0.4) is 0 Å². The molecule has 358 valence electrons. The number of anilines is 8. The van der Waals surface area contributed by atoms with Gasteiger partial charge in [-0.2, -0.15) is 0 Å². The standard InChI is InChI=1S/C69H52BN3S2/c1-43-38-61-65-62(39-43)72(59-27-17-25-52-50-23-11-13-29-64(50)75-67(52)59)60-42-48(73-56-34-30-46(44-18-6-4-7-19-44)40-53(56)68(2)36-14-15-37-69(68,73)3)32-33-54(60)70(65)55-41-47(45-20-8-5-9-21-45)31-35-57(55)71(61)58-26-16-24-51-49-22-10-12-28-63(49)74-66(51)58/h4-13,16-35,38-42H,14-15,36-37H2,1-3H3. The molecule has 0 spiro atoms. The van der Waals surface area contributed by atoms with Gasteiger partial charge in [0.15, 0.2) is 0 Å². The van der Waals surface area contributed by atoms with Crippen LogP contribution in [0.2, 0.25) is 0 Å². The molecule has 0 radical (unpaired) electrons. The highest BCUT2D eigenvalue weighted by Crippen LogP contribution is 2.62. The Hall–Kier alpha value is -7.90. The summed E-state index contributed by atoms with van der Waals surface area (Å²) in [6.07, 6.45) is 4.76. The molecule has 2 unspecified atom stereocenters. The largest absolute Gasteiger partial charge is 0.334 e. The van der Waals surface area contributed by atoms with Crippen LogP contribution in [-0.4, -0.2) is 12.3 Å². The van der Waals surface area contributed by atoms with Crippen molar-refractivity contribution in [3.8, 4) is 22.3 Å². The first kappa shape index (κ1) is 43.5. The van der Waals surface area contributed by atoms with Crippen molar-refractivity contribution in [1.29, 1.82) is 0 Å². The van der Waals surface area contributed by atoms with Crippen molar-refractivity contribution in [2.24, 2.45) is 0 Å². The molecule has 0 N–H and O–H groups in total. The molecule has 16 rings (SSSR count). The number of hydrogen-bond donors (Lipinski definition) is 0. The number of nitrogens with zero attached hydrogens (tertiary/aromatic N) is 3. The monoisotopic (exact) mass is 997 g/mol. The zero-order valence-electron chi connectivity index (χ0n) is 42.3. The molecule has 4 aliphatic rings.